The van der Waals surface area contributed by atoms with Gasteiger partial charge in [-0.3, -0.25) is 9.59 Å². The van der Waals surface area contributed by atoms with E-state index in [0.717, 1.165) is 83.5 Å². The Kier molecular flexibility index (Phi) is 36.8. The molecule has 0 saturated carbocycles. The summed E-state index contributed by atoms with van der Waals surface area (Å²) in [5.41, 5.74) is 0. The lowest BCUT2D eigenvalue weighted by atomic mass is 10.1. The summed E-state index contributed by atoms with van der Waals surface area (Å²) < 4.78 is 17.3. The van der Waals surface area contributed by atoms with Crippen molar-refractivity contribution in [3.05, 3.63) is 60.8 Å². The van der Waals surface area contributed by atoms with Crippen LogP contribution in [0.5, 0.6) is 0 Å². The third kappa shape index (κ3) is 36.7. The van der Waals surface area contributed by atoms with Gasteiger partial charge in [-0.25, -0.2) is 4.79 Å². The van der Waals surface area contributed by atoms with Gasteiger partial charge in [-0.15, -0.1) is 0 Å². The van der Waals surface area contributed by atoms with Crippen molar-refractivity contribution in [3.8, 4) is 0 Å². The van der Waals surface area contributed by atoms with Crippen molar-refractivity contribution in [2.45, 2.75) is 187 Å². The molecular weight excluding hydrogens is 703 g/mol. The molecule has 0 aliphatic heterocycles. The number of hydrogen-bond acceptors (Lipinski definition) is 6. The molecule has 1 N–H and O–H groups in total. The van der Waals surface area contributed by atoms with E-state index in [4.69, 9.17) is 14.2 Å². The lowest BCUT2D eigenvalue weighted by Gasteiger charge is -2.31. The van der Waals surface area contributed by atoms with Crippen LogP contribution in [0.1, 0.15) is 174 Å². The van der Waals surface area contributed by atoms with Gasteiger partial charge in [0.2, 0.25) is 0 Å². The molecule has 0 aliphatic rings. The molecular formula is C48H84NO7+. The smallest absolute Gasteiger partial charge is 0.362 e. The summed E-state index contributed by atoms with van der Waals surface area (Å²) in [6.45, 7) is 4.58. The summed E-state index contributed by atoms with van der Waals surface area (Å²) >= 11 is 0. The molecule has 0 heterocycles. The van der Waals surface area contributed by atoms with E-state index in [-0.39, 0.29) is 36.2 Å². The molecule has 0 aromatic heterocycles. The van der Waals surface area contributed by atoms with Gasteiger partial charge in [0.1, 0.15) is 6.61 Å². The van der Waals surface area contributed by atoms with E-state index < -0.39 is 18.1 Å². The second-order valence-electron chi connectivity index (χ2n) is 16.0. The summed E-state index contributed by atoms with van der Waals surface area (Å²) in [7, 11) is 5.51. The normalized spacial score (nSPS) is 13.5. The standard InChI is InChI=1S/C48H83NO7/c1-6-8-10-12-14-16-18-20-22-23-24-25-27-28-30-32-34-36-38-46(50)55-43-44(42-54-41-40-45(48(52)53)49(3,4)5)56-47(51)39-37-35-33-31-29-26-21-19-17-15-13-11-9-7-2/h9,11,15,17-18,20,22-25,44-45H,6-8,10,12-14,16,19,21,26-43H2,1-5H3/p+1/b11-9+,17-15+,20-18+,23-22+,25-24+. The minimum Gasteiger partial charge on any atom is -0.477 e. The van der Waals surface area contributed by atoms with Gasteiger partial charge in [-0.2, -0.15) is 0 Å². The molecule has 8 nitrogen and oxygen atoms in total. The Hall–Kier alpha value is -2.97. The monoisotopic (exact) mass is 787 g/mol. The largest absolute Gasteiger partial charge is 0.477 e. The van der Waals surface area contributed by atoms with E-state index in [2.05, 4.69) is 74.6 Å². The van der Waals surface area contributed by atoms with Gasteiger partial charge in [-0.05, 0) is 64.2 Å². The van der Waals surface area contributed by atoms with Gasteiger partial charge in [0.25, 0.3) is 0 Å². The topological polar surface area (TPSA) is 99.1 Å². The maximum absolute atomic E-state index is 12.7. The van der Waals surface area contributed by atoms with Crippen molar-refractivity contribution in [1.82, 2.24) is 0 Å². The van der Waals surface area contributed by atoms with E-state index in [0.29, 0.717) is 19.3 Å². The number of nitrogens with zero attached hydrogens (tertiary/aromatic N) is 1. The average molecular weight is 787 g/mol. The molecule has 0 aromatic carbocycles. The van der Waals surface area contributed by atoms with Crippen molar-refractivity contribution in [3.63, 3.8) is 0 Å². The van der Waals surface area contributed by atoms with Crippen LogP contribution in [0.4, 0.5) is 0 Å². The Morgan fingerprint density at radius 3 is 1.61 bits per heavy atom. The van der Waals surface area contributed by atoms with Crippen molar-refractivity contribution in [2.24, 2.45) is 0 Å². The SMILES string of the molecule is CC/C=C/C/C=C/CCCCCCCCCC(=O)OC(COCCC(C(=O)O)[N+](C)(C)C)COC(=O)CCCCCCC/C=C/C=C/C=C/CCCCCCC. The number of hydrogen-bond donors (Lipinski definition) is 1. The van der Waals surface area contributed by atoms with Crippen LogP contribution in [0.3, 0.4) is 0 Å². The highest BCUT2D eigenvalue weighted by atomic mass is 16.6. The van der Waals surface area contributed by atoms with E-state index >= 15 is 0 Å². The molecule has 0 amide bonds. The molecule has 322 valence electrons. The third-order valence-electron chi connectivity index (χ3n) is 9.71. The minimum absolute atomic E-state index is 0.0489. The molecule has 0 radical (unpaired) electrons. The fourth-order valence-corrected chi connectivity index (χ4v) is 6.25. The third-order valence-corrected chi connectivity index (χ3v) is 9.71. The highest BCUT2D eigenvalue weighted by molar-refractivity contribution is 5.72. The lowest BCUT2D eigenvalue weighted by molar-refractivity contribution is -0.887. The summed E-state index contributed by atoms with van der Waals surface area (Å²) in [5, 5.41) is 9.62. The number of ether oxygens (including phenoxy) is 3. The Morgan fingerprint density at radius 2 is 1.07 bits per heavy atom. The van der Waals surface area contributed by atoms with Gasteiger partial charge >= 0.3 is 17.9 Å². The zero-order chi connectivity index (χ0) is 41.4. The van der Waals surface area contributed by atoms with Crippen LogP contribution in [0, 0.1) is 0 Å². The summed E-state index contributed by atoms with van der Waals surface area (Å²) in [4.78, 5) is 37.0. The van der Waals surface area contributed by atoms with Crippen LogP contribution in [-0.2, 0) is 28.6 Å². The first-order chi connectivity index (χ1) is 27.1. The highest BCUT2D eigenvalue weighted by Crippen LogP contribution is 2.13. The molecule has 0 bridgehead atoms. The van der Waals surface area contributed by atoms with Crippen LogP contribution < -0.4 is 0 Å². The van der Waals surface area contributed by atoms with E-state index in [1.807, 2.05) is 21.1 Å². The highest BCUT2D eigenvalue weighted by Gasteiger charge is 2.31. The van der Waals surface area contributed by atoms with Gasteiger partial charge in [0.05, 0.1) is 34.4 Å². The molecule has 56 heavy (non-hydrogen) atoms. The van der Waals surface area contributed by atoms with E-state index in [9.17, 15) is 19.5 Å². The minimum atomic E-state index is -0.882. The molecule has 0 spiro atoms. The van der Waals surface area contributed by atoms with Crippen molar-refractivity contribution < 1.29 is 38.2 Å². The number of carboxylic acids is 1. The Bertz CT molecular complexity index is 1100. The second kappa shape index (κ2) is 38.9. The van der Waals surface area contributed by atoms with Crippen molar-refractivity contribution in [1.29, 1.82) is 0 Å². The van der Waals surface area contributed by atoms with Crippen molar-refractivity contribution in [2.75, 3.05) is 41.0 Å². The average Bonchev–Trinajstić information content (AvgIpc) is 3.15. The lowest BCUT2D eigenvalue weighted by Crippen LogP contribution is -2.50. The van der Waals surface area contributed by atoms with Crippen LogP contribution in [0.25, 0.3) is 0 Å². The Balaban J connectivity index is 4.39. The molecule has 0 aromatic rings. The molecule has 0 aliphatic carbocycles. The number of likely N-dealkylation sites (N-methyl/N-ethyl adjacent to an activating group) is 1. The second-order valence-corrected chi connectivity index (χ2v) is 16.0. The van der Waals surface area contributed by atoms with Crippen LogP contribution >= 0.6 is 0 Å². The van der Waals surface area contributed by atoms with Gasteiger partial charge < -0.3 is 23.8 Å². The quantitative estimate of drug-likeness (QED) is 0.0218. The molecule has 0 rings (SSSR count). The predicted molar refractivity (Wildman–Crippen MR) is 234 cm³/mol. The van der Waals surface area contributed by atoms with Crippen LogP contribution in [0.2, 0.25) is 0 Å². The summed E-state index contributed by atoms with van der Waals surface area (Å²) in [5.74, 6) is -1.51. The van der Waals surface area contributed by atoms with Gasteiger partial charge in [0, 0.05) is 19.3 Å². The number of unbranched alkanes of at least 4 members (excludes halogenated alkanes) is 17. The maximum atomic E-state index is 12.7. The van der Waals surface area contributed by atoms with Crippen LogP contribution in [0.15, 0.2) is 60.8 Å². The summed E-state index contributed by atoms with van der Waals surface area (Å²) in [6, 6.07) is -0.621. The number of carbonyl (C=O) groups excluding carboxylic acids is 2. The Labute approximate surface area is 343 Å². The van der Waals surface area contributed by atoms with Crippen molar-refractivity contribution >= 4 is 17.9 Å². The van der Waals surface area contributed by atoms with Crippen LogP contribution in [-0.4, -0.2) is 80.6 Å². The van der Waals surface area contributed by atoms with Gasteiger partial charge in [0.15, 0.2) is 12.1 Å². The molecule has 2 atom stereocenters. The fraction of sp³-hybridized carbons (Fsp3) is 0.729. The molecule has 8 heteroatoms. The zero-order valence-corrected chi connectivity index (χ0v) is 36.6. The van der Waals surface area contributed by atoms with Gasteiger partial charge in [-0.1, -0.05) is 152 Å². The number of aliphatic carboxylic acids is 1. The molecule has 2 unspecified atom stereocenters. The molecule has 0 saturated heterocycles. The Morgan fingerprint density at radius 1 is 0.571 bits per heavy atom. The molecule has 0 fully saturated rings. The number of quaternary nitrogens is 1. The zero-order valence-electron chi connectivity index (χ0n) is 36.6. The number of esters is 2. The first-order valence-corrected chi connectivity index (χ1v) is 22.4. The number of rotatable bonds is 39. The first kappa shape index (κ1) is 53.0. The van der Waals surface area contributed by atoms with E-state index in [1.165, 1.54) is 57.8 Å². The fourth-order valence-electron chi connectivity index (χ4n) is 6.25. The predicted octanol–water partition coefficient (Wildman–Crippen LogP) is 12.2. The number of carboxylic acid groups (broad SMARTS) is 1. The number of allylic oxidation sites excluding steroid dienone is 10. The van der Waals surface area contributed by atoms with E-state index in [1.54, 1.807) is 0 Å². The maximum Gasteiger partial charge on any atom is 0.362 e. The number of carbonyl (C=O) groups is 3. The first-order valence-electron chi connectivity index (χ1n) is 22.4. The summed E-state index contributed by atoms with van der Waals surface area (Å²) in [6.07, 6.45) is 46.9.